The number of aryl methyl sites for hydroxylation is 1. The fourth-order valence-corrected chi connectivity index (χ4v) is 2.86. The molecule has 2 N–H and O–H groups in total. The average molecular weight is 297 g/mol. The molecule has 1 aliphatic heterocycles. The second-order valence-electron chi connectivity index (χ2n) is 5.67. The molecular formula is C16H19N5O. The van der Waals surface area contributed by atoms with E-state index in [0.29, 0.717) is 17.2 Å². The van der Waals surface area contributed by atoms with Crippen molar-refractivity contribution in [3.05, 3.63) is 53.4 Å². The molecule has 0 aromatic carbocycles. The maximum Gasteiger partial charge on any atom is 0.252 e. The molecular weight excluding hydrogens is 278 g/mol. The minimum absolute atomic E-state index is 0.303. The Morgan fingerprint density at radius 1 is 1.45 bits per heavy atom. The highest BCUT2D eigenvalue weighted by Gasteiger charge is 2.26. The van der Waals surface area contributed by atoms with Gasteiger partial charge in [0.25, 0.3) is 5.91 Å². The number of rotatable bonds is 4. The molecule has 6 heteroatoms. The Morgan fingerprint density at radius 3 is 3.00 bits per heavy atom. The smallest absolute Gasteiger partial charge is 0.252 e. The largest absolute Gasteiger partial charge is 0.365 e. The van der Waals surface area contributed by atoms with Crippen molar-refractivity contribution in [3.63, 3.8) is 0 Å². The lowest BCUT2D eigenvalue weighted by Crippen LogP contribution is -2.21. The van der Waals surface area contributed by atoms with Crippen LogP contribution < -0.4 is 5.73 Å². The first kappa shape index (κ1) is 14.6. The summed E-state index contributed by atoms with van der Waals surface area (Å²) in [7, 11) is 0. The molecule has 2 aromatic heterocycles. The van der Waals surface area contributed by atoms with Gasteiger partial charge in [-0.2, -0.15) is 0 Å². The zero-order valence-electron chi connectivity index (χ0n) is 12.6. The van der Waals surface area contributed by atoms with E-state index >= 15 is 0 Å². The molecule has 1 atom stereocenters. The maximum absolute atomic E-state index is 11.2. The van der Waals surface area contributed by atoms with Gasteiger partial charge in [0, 0.05) is 37.6 Å². The topological polar surface area (TPSA) is 85.0 Å². The van der Waals surface area contributed by atoms with Gasteiger partial charge in [0.15, 0.2) is 0 Å². The number of primary amides is 1. The molecule has 22 heavy (non-hydrogen) atoms. The van der Waals surface area contributed by atoms with Gasteiger partial charge in [0.2, 0.25) is 0 Å². The maximum atomic E-state index is 11.2. The van der Waals surface area contributed by atoms with Crippen LogP contribution >= 0.6 is 0 Å². The van der Waals surface area contributed by atoms with E-state index in [2.05, 4.69) is 25.9 Å². The third-order valence-electron chi connectivity index (χ3n) is 4.03. The van der Waals surface area contributed by atoms with E-state index in [1.807, 2.05) is 12.3 Å². The normalized spacial score (nSPS) is 18.5. The van der Waals surface area contributed by atoms with E-state index in [1.165, 1.54) is 5.56 Å². The van der Waals surface area contributed by atoms with Gasteiger partial charge in [-0.1, -0.05) is 6.07 Å². The highest BCUT2D eigenvalue weighted by atomic mass is 16.1. The van der Waals surface area contributed by atoms with Crippen molar-refractivity contribution in [3.8, 4) is 0 Å². The van der Waals surface area contributed by atoms with Gasteiger partial charge < -0.3 is 5.73 Å². The summed E-state index contributed by atoms with van der Waals surface area (Å²) in [5.41, 5.74) is 7.56. The lowest BCUT2D eigenvalue weighted by molar-refractivity contribution is 0.0999. The third-order valence-corrected chi connectivity index (χ3v) is 4.03. The quantitative estimate of drug-likeness (QED) is 0.918. The fraction of sp³-hybridized carbons (Fsp3) is 0.375. The van der Waals surface area contributed by atoms with Crippen LogP contribution in [0.3, 0.4) is 0 Å². The third kappa shape index (κ3) is 3.12. The molecule has 1 fully saturated rings. The van der Waals surface area contributed by atoms with Crippen LogP contribution in [-0.4, -0.2) is 38.8 Å². The molecule has 3 heterocycles. The minimum Gasteiger partial charge on any atom is -0.365 e. The Bertz CT molecular complexity index is 673. The van der Waals surface area contributed by atoms with Crippen LogP contribution in [0.2, 0.25) is 0 Å². The molecule has 3 rings (SSSR count). The molecule has 0 bridgehead atoms. The molecule has 1 unspecified atom stereocenters. The van der Waals surface area contributed by atoms with Crippen LogP contribution in [0.1, 0.15) is 39.8 Å². The predicted molar refractivity (Wildman–Crippen MR) is 82.2 cm³/mol. The van der Waals surface area contributed by atoms with Crippen molar-refractivity contribution in [1.29, 1.82) is 0 Å². The minimum atomic E-state index is -0.478. The summed E-state index contributed by atoms with van der Waals surface area (Å²) in [6, 6.07) is 4.04. The number of carbonyl (C=O) groups is 1. The number of nitrogens with zero attached hydrogens (tertiary/aromatic N) is 4. The first-order chi connectivity index (χ1) is 10.6. The highest BCUT2D eigenvalue weighted by Crippen LogP contribution is 2.26. The van der Waals surface area contributed by atoms with Gasteiger partial charge in [0.05, 0.1) is 11.3 Å². The number of likely N-dealkylation sites (tertiary alicyclic amines) is 1. The molecule has 2 aromatic rings. The van der Waals surface area contributed by atoms with Crippen molar-refractivity contribution in [2.45, 2.75) is 25.8 Å². The van der Waals surface area contributed by atoms with E-state index < -0.39 is 5.91 Å². The Labute approximate surface area is 129 Å². The number of aromatic nitrogens is 3. The summed E-state index contributed by atoms with van der Waals surface area (Å²) in [5.74, 6) is 0.627. The fourth-order valence-electron chi connectivity index (χ4n) is 2.86. The molecule has 0 saturated carbocycles. The van der Waals surface area contributed by atoms with E-state index in [1.54, 1.807) is 19.3 Å². The first-order valence-corrected chi connectivity index (χ1v) is 7.38. The Hall–Kier alpha value is -2.34. The van der Waals surface area contributed by atoms with Crippen molar-refractivity contribution in [1.82, 2.24) is 19.9 Å². The van der Waals surface area contributed by atoms with E-state index in [0.717, 1.165) is 31.9 Å². The second-order valence-corrected chi connectivity index (χ2v) is 5.67. The van der Waals surface area contributed by atoms with Crippen molar-refractivity contribution in [2.24, 2.45) is 5.73 Å². The molecule has 0 radical (unpaired) electrons. The zero-order valence-corrected chi connectivity index (χ0v) is 12.6. The molecule has 114 valence electrons. The number of hydrogen-bond donors (Lipinski definition) is 1. The number of amides is 1. The predicted octanol–water partition coefficient (Wildman–Crippen LogP) is 1.27. The van der Waals surface area contributed by atoms with Gasteiger partial charge in [-0.3, -0.25) is 14.7 Å². The summed E-state index contributed by atoms with van der Waals surface area (Å²) in [4.78, 5) is 26.6. The molecule has 6 nitrogen and oxygen atoms in total. The first-order valence-electron chi connectivity index (χ1n) is 7.38. The van der Waals surface area contributed by atoms with Crippen LogP contribution in [-0.2, 0) is 6.54 Å². The Balaban J connectivity index is 1.67. The van der Waals surface area contributed by atoms with Crippen LogP contribution in [0.4, 0.5) is 0 Å². The average Bonchev–Trinajstić information content (AvgIpc) is 2.96. The standard InChI is InChI=1S/C16H19N5O/c1-11-14(15(17)22)8-19-16(20-11)13-4-6-21(10-13)9-12-3-2-5-18-7-12/h2-3,5,7-8,13H,4,6,9-10H2,1H3,(H2,17,22). The Morgan fingerprint density at radius 2 is 2.32 bits per heavy atom. The highest BCUT2D eigenvalue weighted by molar-refractivity contribution is 5.93. The summed E-state index contributed by atoms with van der Waals surface area (Å²) < 4.78 is 0. The zero-order chi connectivity index (χ0) is 15.5. The SMILES string of the molecule is Cc1nc(C2CCN(Cc3cccnc3)C2)ncc1C(N)=O. The summed E-state index contributed by atoms with van der Waals surface area (Å²) in [5, 5.41) is 0. The molecule has 0 aliphatic carbocycles. The number of carbonyl (C=O) groups excluding carboxylic acids is 1. The van der Waals surface area contributed by atoms with Gasteiger partial charge in [-0.15, -0.1) is 0 Å². The molecule has 1 amide bonds. The number of pyridine rings is 1. The van der Waals surface area contributed by atoms with E-state index in [9.17, 15) is 4.79 Å². The number of nitrogens with two attached hydrogens (primary N) is 1. The molecule has 1 aliphatic rings. The lowest BCUT2D eigenvalue weighted by atomic mass is 10.1. The second kappa shape index (κ2) is 6.19. The van der Waals surface area contributed by atoms with Gasteiger partial charge in [-0.25, -0.2) is 9.97 Å². The van der Waals surface area contributed by atoms with Crippen molar-refractivity contribution in [2.75, 3.05) is 13.1 Å². The van der Waals surface area contributed by atoms with Gasteiger partial charge >= 0.3 is 0 Å². The van der Waals surface area contributed by atoms with Crippen LogP contribution in [0, 0.1) is 6.92 Å². The van der Waals surface area contributed by atoms with E-state index in [4.69, 9.17) is 5.73 Å². The van der Waals surface area contributed by atoms with Crippen LogP contribution in [0.25, 0.3) is 0 Å². The summed E-state index contributed by atoms with van der Waals surface area (Å²) in [6.07, 6.45) is 6.25. The van der Waals surface area contributed by atoms with Gasteiger partial charge in [-0.05, 0) is 31.5 Å². The molecule has 1 saturated heterocycles. The Kier molecular flexibility index (Phi) is 4.11. The monoisotopic (exact) mass is 297 g/mol. The number of hydrogen-bond acceptors (Lipinski definition) is 5. The van der Waals surface area contributed by atoms with Gasteiger partial charge in [0.1, 0.15) is 5.82 Å². The van der Waals surface area contributed by atoms with Crippen molar-refractivity contribution >= 4 is 5.91 Å². The van der Waals surface area contributed by atoms with Crippen LogP contribution in [0.15, 0.2) is 30.7 Å². The lowest BCUT2D eigenvalue weighted by Gasteiger charge is -2.15. The summed E-state index contributed by atoms with van der Waals surface area (Å²) in [6.45, 7) is 4.63. The van der Waals surface area contributed by atoms with Crippen molar-refractivity contribution < 1.29 is 4.79 Å². The van der Waals surface area contributed by atoms with Crippen LogP contribution in [0.5, 0.6) is 0 Å². The molecule has 0 spiro atoms. The van der Waals surface area contributed by atoms with E-state index in [-0.39, 0.29) is 0 Å². The summed E-state index contributed by atoms with van der Waals surface area (Å²) >= 11 is 0.